The van der Waals surface area contributed by atoms with E-state index in [0.717, 1.165) is 36.6 Å². The van der Waals surface area contributed by atoms with Crippen LogP contribution in [0.15, 0.2) is 48.7 Å². The summed E-state index contributed by atoms with van der Waals surface area (Å²) >= 11 is 0. The van der Waals surface area contributed by atoms with Gasteiger partial charge in [0.25, 0.3) is 5.91 Å². The number of rotatable bonds is 4. The van der Waals surface area contributed by atoms with E-state index in [0.29, 0.717) is 18.4 Å². The number of fused-ring (bicyclic) bond motifs is 1. The number of pyridine rings is 1. The van der Waals surface area contributed by atoms with Crippen molar-refractivity contribution in [1.82, 2.24) is 9.88 Å². The van der Waals surface area contributed by atoms with Gasteiger partial charge >= 0.3 is 0 Å². The number of hydrogen-bond donors (Lipinski definition) is 1. The summed E-state index contributed by atoms with van der Waals surface area (Å²) in [6.45, 7) is 5.02. The molecule has 3 atom stereocenters. The lowest BCUT2D eigenvalue weighted by atomic mass is 9.93. The van der Waals surface area contributed by atoms with E-state index in [9.17, 15) is 4.79 Å². The number of ether oxygens (including phenoxy) is 1. The summed E-state index contributed by atoms with van der Waals surface area (Å²) in [5.41, 5.74) is 1.82. The van der Waals surface area contributed by atoms with Crippen LogP contribution in [0.2, 0.25) is 0 Å². The summed E-state index contributed by atoms with van der Waals surface area (Å²) in [5, 5.41) is 3.39. The first kappa shape index (κ1) is 16.1. The lowest BCUT2D eigenvalue weighted by Gasteiger charge is -2.21. The molecule has 25 heavy (non-hydrogen) atoms. The van der Waals surface area contributed by atoms with Crippen LogP contribution in [0.4, 0.5) is 5.82 Å². The molecule has 2 fully saturated rings. The van der Waals surface area contributed by atoms with Gasteiger partial charge in [0.1, 0.15) is 5.82 Å². The maximum Gasteiger partial charge on any atom is 0.254 e. The molecule has 1 N–H and O–H groups in total. The number of amides is 1. The van der Waals surface area contributed by atoms with Crippen molar-refractivity contribution < 1.29 is 9.53 Å². The molecule has 0 radical (unpaired) electrons. The summed E-state index contributed by atoms with van der Waals surface area (Å²) in [5.74, 6) is 1.80. The highest BCUT2D eigenvalue weighted by atomic mass is 16.5. The molecular weight excluding hydrogens is 314 g/mol. The number of aryl methyl sites for hydroxylation is 1. The third kappa shape index (κ3) is 3.24. The van der Waals surface area contributed by atoms with Crippen LogP contribution in [0.5, 0.6) is 0 Å². The average Bonchev–Trinajstić information content (AvgIpc) is 3.22. The monoisotopic (exact) mass is 337 g/mol. The summed E-state index contributed by atoms with van der Waals surface area (Å²) in [7, 11) is 0. The highest BCUT2D eigenvalue weighted by Gasteiger charge is 2.45. The molecule has 0 unspecified atom stereocenters. The number of anilines is 1. The normalized spacial score (nSPS) is 25.0. The van der Waals surface area contributed by atoms with Gasteiger partial charge in [0.15, 0.2) is 0 Å². The third-order valence-electron chi connectivity index (χ3n) is 5.31. The predicted octanol–water partition coefficient (Wildman–Crippen LogP) is 2.59. The van der Waals surface area contributed by atoms with Gasteiger partial charge in [-0.3, -0.25) is 4.79 Å². The van der Waals surface area contributed by atoms with Crippen LogP contribution in [-0.4, -0.2) is 48.1 Å². The Hall–Kier alpha value is -2.40. The van der Waals surface area contributed by atoms with Gasteiger partial charge in [-0.25, -0.2) is 4.98 Å². The zero-order valence-corrected chi connectivity index (χ0v) is 14.4. The number of benzene rings is 1. The lowest BCUT2D eigenvalue weighted by molar-refractivity contribution is 0.0679. The van der Waals surface area contributed by atoms with Crippen molar-refractivity contribution in [3.63, 3.8) is 0 Å². The number of carbonyl (C=O) groups is 1. The fourth-order valence-corrected chi connectivity index (χ4v) is 3.86. The Kier molecular flexibility index (Phi) is 4.40. The lowest BCUT2D eigenvalue weighted by Crippen LogP contribution is -2.32. The molecule has 2 saturated heterocycles. The van der Waals surface area contributed by atoms with Crippen LogP contribution in [0.25, 0.3) is 0 Å². The fourth-order valence-electron chi connectivity index (χ4n) is 3.86. The van der Waals surface area contributed by atoms with Gasteiger partial charge in [0.05, 0.1) is 12.7 Å². The number of hydrogen-bond acceptors (Lipinski definition) is 4. The molecule has 0 saturated carbocycles. The molecule has 4 rings (SSSR count). The second-order valence-electron chi connectivity index (χ2n) is 6.92. The molecule has 2 aromatic rings. The minimum absolute atomic E-state index is 0.118. The molecule has 2 aliphatic heterocycles. The molecule has 0 spiro atoms. The number of carbonyl (C=O) groups excluding carboxylic acids is 1. The maximum absolute atomic E-state index is 12.8. The van der Waals surface area contributed by atoms with Gasteiger partial charge < -0.3 is 15.0 Å². The Labute approximate surface area is 148 Å². The van der Waals surface area contributed by atoms with Crippen LogP contribution in [0, 0.1) is 18.8 Å². The zero-order valence-electron chi connectivity index (χ0n) is 14.4. The van der Waals surface area contributed by atoms with E-state index in [4.69, 9.17) is 4.74 Å². The van der Waals surface area contributed by atoms with Gasteiger partial charge in [-0.05, 0) is 30.7 Å². The zero-order chi connectivity index (χ0) is 17.2. The molecule has 0 bridgehead atoms. The third-order valence-corrected chi connectivity index (χ3v) is 5.31. The van der Waals surface area contributed by atoms with Crippen molar-refractivity contribution in [2.45, 2.75) is 13.0 Å². The highest BCUT2D eigenvalue weighted by Crippen LogP contribution is 2.34. The van der Waals surface area contributed by atoms with E-state index < -0.39 is 0 Å². The second kappa shape index (κ2) is 6.84. The van der Waals surface area contributed by atoms with E-state index >= 15 is 0 Å². The van der Waals surface area contributed by atoms with E-state index in [1.54, 1.807) is 6.20 Å². The van der Waals surface area contributed by atoms with E-state index in [2.05, 4.69) is 10.3 Å². The molecule has 2 aliphatic rings. The first-order chi connectivity index (χ1) is 12.2. The highest BCUT2D eigenvalue weighted by molar-refractivity contribution is 5.95. The number of nitrogens with zero attached hydrogens (tertiary/aromatic N) is 2. The van der Waals surface area contributed by atoms with Crippen molar-refractivity contribution in [3.05, 3.63) is 59.8 Å². The minimum atomic E-state index is 0.118. The Morgan fingerprint density at radius 3 is 2.88 bits per heavy atom. The van der Waals surface area contributed by atoms with Crippen LogP contribution < -0.4 is 5.32 Å². The Bertz CT molecular complexity index is 750. The summed E-state index contributed by atoms with van der Waals surface area (Å²) < 4.78 is 5.97. The fraction of sp³-hybridized carbons (Fsp3) is 0.400. The van der Waals surface area contributed by atoms with Crippen molar-refractivity contribution in [3.8, 4) is 0 Å². The molecule has 3 heterocycles. The maximum atomic E-state index is 12.8. The second-order valence-corrected chi connectivity index (χ2v) is 6.92. The topological polar surface area (TPSA) is 54.5 Å². The van der Waals surface area contributed by atoms with Gasteiger partial charge in [-0.2, -0.15) is 0 Å². The summed E-state index contributed by atoms with van der Waals surface area (Å²) in [6.07, 6.45) is 1.94. The van der Waals surface area contributed by atoms with Crippen LogP contribution in [-0.2, 0) is 4.74 Å². The van der Waals surface area contributed by atoms with Gasteiger partial charge in [0.2, 0.25) is 0 Å². The van der Waals surface area contributed by atoms with E-state index in [-0.39, 0.29) is 12.0 Å². The Balaban J connectivity index is 1.39. The average molecular weight is 337 g/mol. The van der Waals surface area contributed by atoms with Gasteiger partial charge in [-0.1, -0.05) is 24.3 Å². The van der Waals surface area contributed by atoms with Gasteiger partial charge in [0, 0.05) is 43.2 Å². The quantitative estimate of drug-likeness (QED) is 0.932. The Morgan fingerprint density at radius 2 is 2.08 bits per heavy atom. The standard InChI is InChI=1S/C20H23N3O2/c1-14-6-2-3-7-16(14)20(24)23-11-17-15(13-25-18(17)12-23)10-22-19-8-4-5-9-21-19/h2-9,15,17-18H,10-13H2,1H3,(H,21,22)/t15-,17-,18-/m0/s1. The molecular formula is C20H23N3O2. The van der Waals surface area contributed by atoms with Crippen LogP contribution in [0.1, 0.15) is 15.9 Å². The van der Waals surface area contributed by atoms with Crippen molar-refractivity contribution >= 4 is 11.7 Å². The predicted molar refractivity (Wildman–Crippen MR) is 96.5 cm³/mol. The largest absolute Gasteiger partial charge is 0.376 e. The molecule has 1 amide bonds. The Morgan fingerprint density at radius 1 is 1.24 bits per heavy atom. The number of nitrogens with one attached hydrogen (secondary N) is 1. The molecule has 1 aromatic heterocycles. The smallest absolute Gasteiger partial charge is 0.254 e. The molecule has 5 nitrogen and oxygen atoms in total. The molecule has 0 aliphatic carbocycles. The summed E-state index contributed by atoms with van der Waals surface area (Å²) in [6, 6.07) is 13.6. The van der Waals surface area contributed by atoms with Crippen molar-refractivity contribution in [1.29, 1.82) is 0 Å². The number of likely N-dealkylation sites (tertiary alicyclic amines) is 1. The van der Waals surface area contributed by atoms with Crippen LogP contribution >= 0.6 is 0 Å². The van der Waals surface area contributed by atoms with E-state index in [1.165, 1.54) is 0 Å². The van der Waals surface area contributed by atoms with E-state index in [1.807, 2.05) is 54.3 Å². The molecule has 130 valence electrons. The van der Waals surface area contributed by atoms with Gasteiger partial charge in [-0.15, -0.1) is 0 Å². The van der Waals surface area contributed by atoms with Crippen molar-refractivity contribution in [2.24, 2.45) is 11.8 Å². The molecule has 1 aromatic carbocycles. The number of aromatic nitrogens is 1. The molecule has 5 heteroatoms. The first-order valence-electron chi connectivity index (χ1n) is 8.84. The minimum Gasteiger partial charge on any atom is -0.376 e. The van der Waals surface area contributed by atoms with Crippen molar-refractivity contribution in [2.75, 3.05) is 31.6 Å². The first-order valence-corrected chi connectivity index (χ1v) is 8.84. The summed E-state index contributed by atoms with van der Waals surface area (Å²) in [4.78, 5) is 19.1. The van der Waals surface area contributed by atoms with Crippen LogP contribution in [0.3, 0.4) is 0 Å². The SMILES string of the molecule is Cc1ccccc1C(=O)N1C[C@H]2[C@@H](CNc3ccccn3)CO[C@H]2C1.